The van der Waals surface area contributed by atoms with Gasteiger partial charge in [-0.05, 0) is 28.0 Å². The summed E-state index contributed by atoms with van der Waals surface area (Å²) in [5.74, 6) is -0.771. The molecule has 1 aromatic carbocycles. The number of nitrogens with one attached hydrogen (secondary N) is 1. The summed E-state index contributed by atoms with van der Waals surface area (Å²) in [6.45, 7) is 0. The molecule has 8 heteroatoms. The topological polar surface area (TPSA) is 115 Å². The van der Waals surface area contributed by atoms with E-state index < -0.39 is 9.85 Å². The largest absolute Gasteiger partial charge is 0.358 e. The van der Waals surface area contributed by atoms with E-state index in [9.17, 15) is 20.2 Å². The lowest BCUT2D eigenvalue weighted by atomic mass is 10.1. The summed E-state index contributed by atoms with van der Waals surface area (Å²) < 4.78 is 0. The van der Waals surface area contributed by atoms with Crippen LogP contribution in [0.15, 0.2) is 30.5 Å². The Morgan fingerprint density at radius 1 is 1.00 bits per heavy atom. The SMILES string of the molecule is O=[N+]([O-])c1[nH]c([N+](=O)[O-])c2c1ccc1ncccc12. The number of pyridine rings is 1. The summed E-state index contributed by atoms with van der Waals surface area (Å²) in [5.41, 5.74) is 0.548. The first-order valence-electron chi connectivity index (χ1n) is 5.28. The van der Waals surface area contributed by atoms with E-state index in [1.807, 2.05) is 0 Å². The normalized spacial score (nSPS) is 10.9. The average molecular weight is 258 g/mol. The Bertz CT molecular complexity index is 839. The monoisotopic (exact) mass is 258 g/mol. The molecule has 0 aliphatic heterocycles. The maximum atomic E-state index is 11.0. The van der Waals surface area contributed by atoms with Gasteiger partial charge in [-0.15, -0.1) is 0 Å². The van der Waals surface area contributed by atoms with Crippen LogP contribution < -0.4 is 0 Å². The van der Waals surface area contributed by atoms with Crippen molar-refractivity contribution in [3.8, 4) is 0 Å². The zero-order valence-corrected chi connectivity index (χ0v) is 9.36. The molecule has 0 amide bonds. The molecule has 19 heavy (non-hydrogen) atoms. The van der Waals surface area contributed by atoms with Crippen LogP contribution in [0.4, 0.5) is 11.6 Å². The van der Waals surface area contributed by atoms with Gasteiger partial charge in [-0.2, -0.15) is 4.98 Å². The minimum Gasteiger partial charge on any atom is -0.358 e. The first-order valence-corrected chi connectivity index (χ1v) is 5.28. The van der Waals surface area contributed by atoms with Crippen LogP contribution in [0.2, 0.25) is 0 Å². The van der Waals surface area contributed by atoms with Crippen molar-refractivity contribution in [2.45, 2.75) is 0 Å². The quantitative estimate of drug-likeness (QED) is 0.560. The van der Waals surface area contributed by atoms with Crippen molar-refractivity contribution in [1.29, 1.82) is 0 Å². The van der Waals surface area contributed by atoms with Gasteiger partial charge in [0.1, 0.15) is 0 Å². The molecule has 0 unspecified atom stereocenters. The van der Waals surface area contributed by atoms with Gasteiger partial charge in [-0.25, -0.2) is 0 Å². The van der Waals surface area contributed by atoms with E-state index >= 15 is 0 Å². The van der Waals surface area contributed by atoms with E-state index in [4.69, 9.17) is 0 Å². The van der Waals surface area contributed by atoms with Gasteiger partial charge in [0, 0.05) is 11.6 Å². The standard InChI is InChI=1S/C11H6N4O4/c16-14(17)10-7-3-4-8-6(2-1-5-12-8)9(7)11(13-10)15(18)19/h1-5,13H. The predicted octanol–water partition coefficient (Wildman–Crippen LogP) is 2.53. The highest BCUT2D eigenvalue weighted by Gasteiger charge is 2.24. The highest BCUT2D eigenvalue weighted by molar-refractivity contribution is 6.13. The van der Waals surface area contributed by atoms with Crippen LogP contribution in [0.3, 0.4) is 0 Å². The number of H-pyrrole nitrogens is 1. The fourth-order valence-electron chi connectivity index (χ4n) is 2.13. The molecule has 0 aliphatic rings. The Hall–Kier alpha value is -3.03. The summed E-state index contributed by atoms with van der Waals surface area (Å²) in [4.78, 5) is 26.9. The number of rotatable bonds is 2. The van der Waals surface area contributed by atoms with E-state index in [0.29, 0.717) is 10.9 Å². The van der Waals surface area contributed by atoms with E-state index in [1.165, 1.54) is 6.07 Å². The average Bonchev–Trinajstić information content (AvgIpc) is 2.78. The molecule has 0 saturated heterocycles. The third-order valence-electron chi connectivity index (χ3n) is 2.88. The predicted molar refractivity (Wildman–Crippen MR) is 66.9 cm³/mol. The lowest BCUT2D eigenvalue weighted by Gasteiger charge is -1.98. The lowest BCUT2D eigenvalue weighted by molar-refractivity contribution is -0.398. The Balaban J connectivity index is 2.57. The summed E-state index contributed by atoms with van der Waals surface area (Å²) in [5, 5.41) is 22.9. The lowest BCUT2D eigenvalue weighted by Crippen LogP contribution is -1.90. The Labute approximate surface area is 105 Å². The summed E-state index contributed by atoms with van der Waals surface area (Å²) in [7, 11) is 0. The first kappa shape index (κ1) is 11.1. The van der Waals surface area contributed by atoms with Crippen molar-refractivity contribution in [2.75, 3.05) is 0 Å². The molecule has 3 aromatic rings. The second-order valence-corrected chi connectivity index (χ2v) is 3.89. The molecule has 3 rings (SSSR count). The highest BCUT2D eigenvalue weighted by Crippen LogP contribution is 2.37. The summed E-state index contributed by atoms with van der Waals surface area (Å²) in [6.07, 6.45) is 1.56. The van der Waals surface area contributed by atoms with Gasteiger partial charge in [0.15, 0.2) is 0 Å². The van der Waals surface area contributed by atoms with Crippen molar-refractivity contribution in [3.63, 3.8) is 0 Å². The molecule has 1 N–H and O–H groups in total. The van der Waals surface area contributed by atoms with Gasteiger partial charge in [0.2, 0.25) is 0 Å². The number of aromatic nitrogens is 2. The maximum absolute atomic E-state index is 11.0. The van der Waals surface area contributed by atoms with Crippen LogP contribution in [0.25, 0.3) is 21.7 Å². The van der Waals surface area contributed by atoms with Crippen LogP contribution in [0.5, 0.6) is 0 Å². The minimum absolute atomic E-state index is 0.206. The van der Waals surface area contributed by atoms with E-state index in [-0.39, 0.29) is 22.4 Å². The molecule has 0 atom stereocenters. The van der Waals surface area contributed by atoms with Crippen LogP contribution in [0.1, 0.15) is 0 Å². The molecule has 0 radical (unpaired) electrons. The fraction of sp³-hybridized carbons (Fsp3) is 0. The number of fused-ring (bicyclic) bond motifs is 3. The maximum Gasteiger partial charge on any atom is 0.333 e. The molecule has 94 valence electrons. The molecule has 2 heterocycles. The molecule has 0 saturated carbocycles. The van der Waals surface area contributed by atoms with Crippen LogP contribution >= 0.6 is 0 Å². The van der Waals surface area contributed by atoms with E-state index in [2.05, 4.69) is 9.97 Å². The molecular weight excluding hydrogens is 252 g/mol. The van der Waals surface area contributed by atoms with Crippen molar-refractivity contribution in [3.05, 3.63) is 50.7 Å². The third kappa shape index (κ3) is 1.50. The van der Waals surface area contributed by atoms with Gasteiger partial charge < -0.3 is 20.2 Å². The van der Waals surface area contributed by atoms with Crippen molar-refractivity contribution in [2.24, 2.45) is 0 Å². The molecule has 8 nitrogen and oxygen atoms in total. The Morgan fingerprint density at radius 3 is 2.42 bits per heavy atom. The number of aromatic amines is 1. The number of nitrogens with zero attached hydrogens (tertiary/aromatic N) is 3. The summed E-state index contributed by atoms with van der Waals surface area (Å²) >= 11 is 0. The first-order chi connectivity index (χ1) is 9.09. The molecule has 0 fully saturated rings. The van der Waals surface area contributed by atoms with E-state index in [1.54, 1.807) is 24.4 Å². The van der Waals surface area contributed by atoms with Crippen LogP contribution in [-0.2, 0) is 0 Å². The van der Waals surface area contributed by atoms with Gasteiger partial charge in [0.25, 0.3) is 0 Å². The summed E-state index contributed by atoms with van der Waals surface area (Å²) in [6, 6.07) is 6.34. The zero-order valence-electron chi connectivity index (χ0n) is 9.36. The second kappa shape index (κ2) is 3.73. The van der Waals surface area contributed by atoms with Crippen molar-refractivity contribution in [1.82, 2.24) is 9.97 Å². The van der Waals surface area contributed by atoms with Crippen molar-refractivity contribution < 1.29 is 9.85 Å². The minimum atomic E-state index is -0.669. The van der Waals surface area contributed by atoms with Gasteiger partial charge in [0.05, 0.1) is 16.3 Å². The fourth-order valence-corrected chi connectivity index (χ4v) is 2.13. The molecule has 0 bridgehead atoms. The van der Waals surface area contributed by atoms with Crippen LogP contribution in [-0.4, -0.2) is 19.8 Å². The molecule has 0 aliphatic carbocycles. The highest BCUT2D eigenvalue weighted by atomic mass is 16.6. The molecule has 2 aromatic heterocycles. The van der Waals surface area contributed by atoms with Gasteiger partial charge in [-0.1, -0.05) is 6.07 Å². The number of nitro groups is 2. The smallest absolute Gasteiger partial charge is 0.333 e. The van der Waals surface area contributed by atoms with Crippen LogP contribution in [0, 0.1) is 20.2 Å². The van der Waals surface area contributed by atoms with Gasteiger partial charge in [-0.3, -0.25) is 4.98 Å². The number of hydrogen-bond acceptors (Lipinski definition) is 5. The second-order valence-electron chi connectivity index (χ2n) is 3.89. The zero-order chi connectivity index (χ0) is 13.6. The Kier molecular flexibility index (Phi) is 2.18. The molecular formula is C11H6N4O4. The third-order valence-corrected chi connectivity index (χ3v) is 2.88. The van der Waals surface area contributed by atoms with E-state index in [0.717, 1.165) is 0 Å². The molecule has 0 spiro atoms. The number of hydrogen-bond donors (Lipinski definition) is 1. The van der Waals surface area contributed by atoms with Crippen molar-refractivity contribution >= 4 is 33.3 Å². The number of benzene rings is 1. The Morgan fingerprint density at radius 2 is 1.74 bits per heavy atom. The van der Waals surface area contributed by atoms with Gasteiger partial charge >= 0.3 is 11.6 Å².